The number of pyridine rings is 1. The first-order valence-corrected chi connectivity index (χ1v) is 11.2. The Labute approximate surface area is 186 Å². The van der Waals surface area contributed by atoms with E-state index in [0.717, 1.165) is 47.4 Å². The van der Waals surface area contributed by atoms with E-state index in [1.165, 1.54) is 18.4 Å². The maximum absolute atomic E-state index is 6.10. The maximum Gasteiger partial charge on any atom is 0.0737 e. The van der Waals surface area contributed by atoms with Gasteiger partial charge in [0.2, 0.25) is 0 Å². The number of fused-ring (bicyclic) bond motifs is 1. The molecule has 2 N–H and O–H groups in total. The molecule has 3 aromatic rings. The number of rotatable bonds is 6. The summed E-state index contributed by atoms with van der Waals surface area (Å²) in [5.74, 6) is 0. The van der Waals surface area contributed by atoms with Crippen molar-refractivity contribution in [2.24, 2.45) is 0 Å². The lowest BCUT2D eigenvalue weighted by atomic mass is 9.90. The van der Waals surface area contributed by atoms with Crippen molar-refractivity contribution >= 4 is 51.4 Å². The first-order chi connectivity index (χ1) is 14.1. The molecule has 0 amide bonds. The fourth-order valence-corrected chi connectivity index (χ4v) is 4.51. The normalized spacial score (nSPS) is 19.4. The second-order valence-electron chi connectivity index (χ2n) is 7.67. The molecule has 1 aliphatic rings. The number of benzene rings is 2. The summed E-state index contributed by atoms with van der Waals surface area (Å²) in [5, 5.41) is 10.5. The highest BCUT2D eigenvalue weighted by molar-refractivity contribution is 6.42. The number of anilines is 1. The number of nitrogens with zero attached hydrogens (tertiary/aromatic N) is 1. The van der Waals surface area contributed by atoms with E-state index in [0.29, 0.717) is 22.1 Å². The average molecular weight is 449 g/mol. The minimum Gasteiger partial charge on any atom is -0.382 e. The molecule has 0 atom stereocenters. The molecular weight excluding hydrogens is 425 g/mol. The molecule has 0 saturated heterocycles. The van der Waals surface area contributed by atoms with Gasteiger partial charge in [0, 0.05) is 34.4 Å². The lowest BCUT2D eigenvalue weighted by molar-refractivity contribution is 0.356. The van der Waals surface area contributed by atoms with Crippen molar-refractivity contribution in [3.63, 3.8) is 0 Å². The molecule has 0 radical (unpaired) electrons. The third-order valence-electron chi connectivity index (χ3n) is 5.62. The maximum atomic E-state index is 6.10. The molecule has 3 nitrogen and oxygen atoms in total. The standard InChI is InChI=1S/C23H24Cl3N3/c24-16-2-7-19-22(10-12-28-23(19)14-16)29-18-5-3-17(4-6-18)27-11-9-15-1-8-20(25)21(26)13-15/h1-2,7-8,10,12-14,17-18,27H,3-6,9,11H2,(H,28,29). The molecule has 29 heavy (non-hydrogen) atoms. The molecule has 2 aromatic carbocycles. The van der Waals surface area contributed by atoms with Crippen molar-refractivity contribution in [1.29, 1.82) is 0 Å². The molecule has 0 bridgehead atoms. The molecule has 0 spiro atoms. The molecule has 0 aliphatic heterocycles. The van der Waals surface area contributed by atoms with Gasteiger partial charge in [-0.25, -0.2) is 0 Å². The summed E-state index contributed by atoms with van der Waals surface area (Å²) in [6, 6.07) is 14.9. The van der Waals surface area contributed by atoms with Crippen molar-refractivity contribution in [3.8, 4) is 0 Å². The summed E-state index contributed by atoms with van der Waals surface area (Å²) >= 11 is 18.2. The van der Waals surface area contributed by atoms with Crippen molar-refractivity contribution in [2.75, 3.05) is 11.9 Å². The molecule has 1 aromatic heterocycles. The number of nitrogens with one attached hydrogen (secondary N) is 2. The predicted molar refractivity (Wildman–Crippen MR) is 125 cm³/mol. The van der Waals surface area contributed by atoms with E-state index in [1.54, 1.807) is 0 Å². The monoisotopic (exact) mass is 447 g/mol. The lowest BCUT2D eigenvalue weighted by Gasteiger charge is -2.30. The van der Waals surface area contributed by atoms with Crippen LogP contribution in [0.2, 0.25) is 15.1 Å². The summed E-state index contributed by atoms with van der Waals surface area (Å²) < 4.78 is 0. The first kappa shape index (κ1) is 20.7. The van der Waals surface area contributed by atoms with Gasteiger partial charge < -0.3 is 10.6 Å². The largest absolute Gasteiger partial charge is 0.382 e. The van der Waals surface area contributed by atoms with E-state index in [-0.39, 0.29) is 0 Å². The summed E-state index contributed by atoms with van der Waals surface area (Å²) in [6.45, 7) is 0.955. The van der Waals surface area contributed by atoms with Crippen molar-refractivity contribution < 1.29 is 0 Å². The minimum atomic E-state index is 0.490. The van der Waals surface area contributed by atoms with Crippen LogP contribution in [0.3, 0.4) is 0 Å². The van der Waals surface area contributed by atoms with Crippen LogP contribution in [0.25, 0.3) is 10.9 Å². The third kappa shape index (κ3) is 5.35. The van der Waals surface area contributed by atoms with E-state index in [2.05, 4.69) is 21.7 Å². The van der Waals surface area contributed by atoms with Gasteiger partial charge in [-0.1, -0.05) is 40.9 Å². The first-order valence-electron chi connectivity index (χ1n) is 10.1. The van der Waals surface area contributed by atoms with Crippen LogP contribution in [0.1, 0.15) is 31.2 Å². The SMILES string of the molecule is Clc1ccc2c(NC3CCC(NCCc4ccc(Cl)c(Cl)c4)CC3)ccnc2c1. The summed E-state index contributed by atoms with van der Waals surface area (Å²) in [4.78, 5) is 4.43. The van der Waals surface area contributed by atoms with Crippen LogP contribution in [0.5, 0.6) is 0 Å². The number of hydrogen-bond acceptors (Lipinski definition) is 3. The fourth-order valence-electron chi connectivity index (χ4n) is 4.02. The molecular formula is C23H24Cl3N3. The van der Waals surface area contributed by atoms with Crippen LogP contribution >= 0.6 is 34.8 Å². The Balaban J connectivity index is 1.26. The van der Waals surface area contributed by atoms with Crippen LogP contribution in [-0.2, 0) is 6.42 Å². The van der Waals surface area contributed by atoms with Gasteiger partial charge in [0.1, 0.15) is 0 Å². The summed E-state index contributed by atoms with van der Waals surface area (Å²) in [5.41, 5.74) is 3.29. The highest BCUT2D eigenvalue weighted by Crippen LogP contribution is 2.28. The van der Waals surface area contributed by atoms with E-state index >= 15 is 0 Å². The molecule has 1 saturated carbocycles. The Hall–Kier alpha value is -1.52. The molecule has 0 unspecified atom stereocenters. The van der Waals surface area contributed by atoms with Gasteiger partial charge in [0.25, 0.3) is 0 Å². The van der Waals surface area contributed by atoms with Crippen molar-refractivity contribution in [3.05, 3.63) is 69.3 Å². The number of aromatic nitrogens is 1. The van der Waals surface area contributed by atoms with Gasteiger partial charge in [-0.15, -0.1) is 0 Å². The zero-order chi connectivity index (χ0) is 20.2. The quantitative estimate of drug-likeness (QED) is 0.438. The Kier molecular flexibility index (Phi) is 6.81. The molecule has 152 valence electrons. The summed E-state index contributed by atoms with van der Waals surface area (Å²) in [7, 11) is 0. The second-order valence-corrected chi connectivity index (χ2v) is 8.92. The van der Waals surface area contributed by atoms with E-state index in [1.807, 2.05) is 42.6 Å². The molecule has 6 heteroatoms. The zero-order valence-corrected chi connectivity index (χ0v) is 18.4. The fraction of sp³-hybridized carbons (Fsp3) is 0.348. The van der Waals surface area contributed by atoms with Crippen LogP contribution < -0.4 is 10.6 Å². The second kappa shape index (κ2) is 9.53. The number of halogens is 3. The molecule has 4 rings (SSSR count). The Morgan fingerprint density at radius 3 is 2.45 bits per heavy atom. The third-order valence-corrected chi connectivity index (χ3v) is 6.60. The van der Waals surface area contributed by atoms with E-state index in [4.69, 9.17) is 34.8 Å². The van der Waals surface area contributed by atoms with Crippen molar-refractivity contribution in [1.82, 2.24) is 10.3 Å². The smallest absolute Gasteiger partial charge is 0.0737 e. The van der Waals surface area contributed by atoms with Crippen LogP contribution in [0, 0.1) is 0 Å². The van der Waals surface area contributed by atoms with Gasteiger partial charge in [-0.3, -0.25) is 4.98 Å². The molecule has 1 fully saturated rings. The Morgan fingerprint density at radius 1 is 0.862 bits per heavy atom. The lowest BCUT2D eigenvalue weighted by Crippen LogP contribution is -2.37. The van der Waals surface area contributed by atoms with Gasteiger partial charge >= 0.3 is 0 Å². The van der Waals surface area contributed by atoms with Gasteiger partial charge in [0.15, 0.2) is 0 Å². The molecule has 1 aliphatic carbocycles. The van der Waals surface area contributed by atoms with Crippen molar-refractivity contribution in [2.45, 2.75) is 44.2 Å². The highest BCUT2D eigenvalue weighted by Gasteiger charge is 2.21. The van der Waals surface area contributed by atoms with Gasteiger partial charge in [0.05, 0.1) is 15.6 Å². The Bertz CT molecular complexity index is 984. The van der Waals surface area contributed by atoms with E-state index < -0.39 is 0 Å². The Morgan fingerprint density at radius 2 is 1.66 bits per heavy atom. The number of hydrogen-bond donors (Lipinski definition) is 2. The zero-order valence-electron chi connectivity index (χ0n) is 16.1. The topological polar surface area (TPSA) is 37.0 Å². The van der Waals surface area contributed by atoms with Gasteiger partial charge in [-0.05, 0) is 80.6 Å². The predicted octanol–water partition coefficient (Wildman–Crippen LogP) is 6.75. The highest BCUT2D eigenvalue weighted by atomic mass is 35.5. The molecule has 1 heterocycles. The minimum absolute atomic E-state index is 0.490. The van der Waals surface area contributed by atoms with Gasteiger partial charge in [-0.2, -0.15) is 0 Å². The van der Waals surface area contributed by atoms with Crippen LogP contribution in [0.4, 0.5) is 5.69 Å². The summed E-state index contributed by atoms with van der Waals surface area (Å²) in [6.07, 6.45) is 7.46. The van der Waals surface area contributed by atoms with Crippen LogP contribution in [-0.4, -0.2) is 23.6 Å². The van der Waals surface area contributed by atoms with E-state index in [9.17, 15) is 0 Å². The average Bonchev–Trinajstić information content (AvgIpc) is 2.72. The van der Waals surface area contributed by atoms with Crippen LogP contribution in [0.15, 0.2) is 48.7 Å².